The smallest absolute Gasteiger partial charge is 0.251 e. The Bertz CT molecular complexity index is 625. The van der Waals surface area contributed by atoms with Crippen molar-refractivity contribution in [1.29, 1.82) is 0 Å². The molecule has 0 fully saturated rings. The van der Waals surface area contributed by atoms with E-state index in [0.29, 0.717) is 23.5 Å². The van der Waals surface area contributed by atoms with E-state index in [2.05, 4.69) is 17.5 Å². The van der Waals surface area contributed by atoms with Gasteiger partial charge in [0.1, 0.15) is 0 Å². The van der Waals surface area contributed by atoms with Crippen LogP contribution in [0.1, 0.15) is 34.7 Å². The molecule has 0 spiro atoms. The van der Waals surface area contributed by atoms with Crippen molar-refractivity contribution < 1.29 is 19.4 Å². The molecule has 110 valence electrons. The maximum absolute atomic E-state index is 12.4. The van der Waals surface area contributed by atoms with E-state index in [9.17, 15) is 9.90 Å². The Hall–Kier alpha value is -2.01. The largest absolute Gasteiger partial charge is 0.454 e. The van der Waals surface area contributed by atoms with Gasteiger partial charge in [-0.15, -0.1) is 0 Å². The van der Waals surface area contributed by atoms with Gasteiger partial charge in [-0.3, -0.25) is 4.79 Å². The molecule has 2 unspecified atom stereocenters. The summed E-state index contributed by atoms with van der Waals surface area (Å²) in [6.45, 7) is 0.350. The molecular formula is C16H17NO4. The van der Waals surface area contributed by atoms with Crippen LogP contribution in [0.2, 0.25) is 0 Å². The summed E-state index contributed by atoms with van der Waals surface area (Å²) in [4.78, 5) is 12.4. The third kappa shape index (κ3) is 1.92. The summed E-state index contributed by atoms with van der Waals surface area (Å²) in [5, 5.41) is 12.3. The summed E-state index contributed by atoms with van der Waals surface area (Å²) in [5.41, 5.74) is 1.65. The maximum atomic E-state index is 12.4. The normalized spacial score (nSPS) is 28.8. The lowest BCUT2D eigenvalue weighted by atomic mass is 9.73. The zero-order valence-corrected chi connectivity index (χ0v) is 11.5. The lowest BCUT2D eigenvalue weighted by molar-refractivity contribution is 0.0886. The third-order valence-corrected chi connectivity index (χ3v) is 4.62. The van der Waals surface area contributed by atoms with Gasteiger partial charge in [-0.25, -0.2) is 0 Å². The molecule has 0 saturated heterocycles. The van der Waals surface area contributed by atoms with E-state index in [1.807, 2.05) is 6.07 Å². The number of fused-ring (bicyclic) bond motifs is 4. The predicted octanol–water partition coefficient (Wildman–Crippen LogP) is 1.57. The van der Waals surface area contributed by atoms with Crippen molar-refractivity contribution in [2.75, 3.05) is 13.4 Å². The van der Waals surface area contributed by atoms with Crippen LogP contribution in [0.3, 0.4) is 0 Å². The number of ether oxygens (including phenoxy) is 2. The van der Waals surface area contributed by atoms with Crippen molar-refractivity contribution >= 4 is 5.91 Å². The summed E-state index contributed by atoms with van der Waals surface area (Å²) < 4.78 is 10.8. The number of carbonyl (C=O) groups excluding carboxylic acids is 1. The van der Waals surface area contributed by atoms with E-state index in [4.69, 9.17) is 9.47 Å². The van der Waals surface area contributed by atoms with Crippen LogP contribution >= 0.6 is 0 Å². The van der Waals surface area contributed by atoms with Crippen molar-refractivity contribution in [2.24, 2.45) is 5.92 Å². The minimum Gasteiger partial charge on any atom is -0.454 e. The molecule has 1 aromatic carbocycles. The molecule has 3 atom stereocenters. The first-order valence-corrected chi connectivity index (χ1v) is 7.30. The quantitative estimate of drug-likeness (QED) is 0.810. The van der Waals surface area contributed by atoms with Crippen LogP contribution in [0.15, 0.2) is 24.3 Å². The second-order valence-corrected chi connectivity index (χ2v) is 5.75. The molecule has 5 heteroatoms. The van der Waals surface area contributed by atoms with Gasteiger partial charge in [-0.2, -0.15) is 0 Å². The van der Waals surface area contributed by atoms with Crippen molar-refractivity contribution in [3.8, 4) is 11.5 Å². The summed E-state index contributed by atoms with van der Waals surface area (Å²) >= 11 is 0. The Balaban J connectivity index is 1.79. The fraction of sp³-hybridized carbons (Fsp3) is 0.438. The first-order chi connectivity index (χ1) is 10.3. The Labute approximate surface area is 122 Å². The Morgan fingerprint density at radius 2 is 2.10 bits per heavy atom. The van der Waals surface area contributed by atoms with Crippen LogP contribution in [-0.4, -0.2) is 30.5 Å². The fourth-order valence-corrected chi connectivity index (χ4v) is 3.59. The number of nitrogens with one attached hydrogen (secondary N) is 1. The summed E-state index contributed by atoms with van der Waals surface area (Å²) in [6, 6.07) is 3.74. The maximum Gasteiger partial charge on any atom is 0.251 e. The molecule has 3 aliphatic rings. The second-order valence-electron chi connectivity index (χ2n) is 5.75. The van der Waals surface area contributed by atoms with E-state index in [0.717, 1.165) is 12.0 Å². The molecule has 1 amide bonds. The van der Waals surface area contributed by atoms with E-state index in [1.165, 1.54) is 0 Å². The first-order valence-electron chi connectivity index (χ1n) is 7.30. The highest BCUT2D eigenvalue weighted by Gasteiger charge is 2.39. The summed E-state index contributed by atoms with van der Waals surface area (Å²) in [7, 11) is 0. The minimum atomic E-state index is -0.0669. The fourth-order valence-electron chi connectivity index (χ4n) is 3.59. The molecule has 1 aliphatic carbocycles. The number of carbonyl (C=O) groups is 1. The van der Waals surface area contributed by atoms with Gasteiger partial charge in [0, 0.05) is 24.1 Å². The molecule has 2 N–H and O–H groups in total. The molecular weight excluding hydrogens is 270 g/mol. The van der Waals surface area contributed by atoms with Crippen LogP contribution in [-0.2, 0) is 0 Å². The molecule has 2 aliphatic heterocycles. The average molecular weight is 287 g/mol. The number of allylic oxidation sites excluding steroid dienone is 1. The van der Waals surface area contributed by atoms with E-state index in [-0.39, 0.29) is 37.2 Å². The highest BCUT2D eigenvalue weighted by molar-refractivity contribution is 5.98. The number of aliphatic hydroxyl groups excluding tert-OH is 1. The second kappa shape index (κ2) is 4.77. The summed E-state index contributed by atoms with van der Waals surface area (Å²) in [5.74, 6) is 1.68. The van der Waals surface area contributed by atoms with Gasteiger partial charge in [0.25, 0.3) is 5.91 Å². The molecule has 2 heterocycles. The van der Waals surface area contributed by atoms with Crippen molar-refractivity contribution in [2.45, 2.75) is 24.8 Å². The predicted molar refractivity (Wildman–Crippen MR) is 75.5 cm³/mol. The van der Waals surface area contributed by atoms with Gasteiger partial charge in [0.2, 0.25) is 6.79 Å². The highest BCUT2D eigenvalue weighted by Crippen LogP contribution is 2.43. The van der Waals surface area contributed by atoms with Crippen LogP contribution in [0.25, 0.3) is 0 Å². The van der Waals surface area contributed by atoms with E-state index < -0.39 is 0 Å². The van der Waals surface area contributed by atoms with Gasteiger partial charge in [0.05, 0.1) is 0 Å². The minimum absolute atomic E-state index is 0.0440. The number of benzene rings is 1. The number of hydrogen-bond donors (Lipinski definition) is 2. The van der Waals surface area contributed by atoms with Crippen molar-refractivity contribution in [1.82, 2.24) is 5.32 Å². The monoisotopic (exact) mass is 287 g/mol. The van der Waals surface area contributed by atoms with Gasteiger partial charge in [0.15, 0.2) is 11.5 Å². The Morgan fingerprint density at radius 1 is 1.29 bits per heavy atom. The van der Waals surface area contributed by atoms with Gasteiger partial charge >= 0.3 is 0 Å². The number of aliphatic hydroxyl groups is 1. The summed E-state index contributed by atoms with van der Waals surface area (Å²) in [6.07, 6.45) is 5.89. The highest BCUT2D eigenvalue weighted by atomic mass is 16.7. The molecule has 21 heavy (non-hydrogen) atoms. The van der Waals surface area contributed by atoms with Crippen LogP contribution in [0.5, 0.6) is 11.5 Å². The molecule has 0 saturated carbocycles. The Kier molecular flexibility index (Phi) is 2.89. The van der Waals surface area contributed by atoms with Gasteiger partial charge in [-0.05, 0) is 36.5 Å². The molecule has 0 aromatic heterocycles. The van der Waals surface area contributed by atoms with Crippen molar-refractivity contribution in [3.63, 3.8) is 0 Å². The average Bonchev–Trinajstić information content (AvgIpc) is 2.94. The van der Waals surface area contributed by atoms with Gasteiger partial charge < -0.3 is 19.9 Å². The van der Waals surface area contributed by atoms with Crippen LogP contribution in [0.4, 0.5) is 0 Å². The number of hydrogen-bond acceptors (Lipinski definition) is 4. The number of rotatable bonds is 2. The SMILES string of the molecule is O=C1NC2C(CCO)CC=C[C@H]2c2cc3c(cc21)OCO3. The third-order valence-electron chi connectivity index (χ3n) is 4.62. The zero-order chi connectivity index (χ0) is 14.4. The molecule has 0 bridgehead atoms. The molecule has 0 radical (unpaired) electrons. The van der Waals surface area contributed by atoms with Crippen LogP contribution < -0.4 is 14.8 Å². The first kappa shape index (κ1) is 12.7. The zero-order valence-electron chi connectivity index (χ0n) is 11.5. The number of amides is 1. The topological polar surface area (TPSA) is 67.8 Å². The standard InChI is InChI=1S/C16H17NO4/c18-5-4-9-2-1-3-10-11-6-13-14(21-8-20-13)7-12(11)16(19)17-15(9)10/h1,3,6-7,9-10,15,18H,2,4-5,8H2,(H,17,19)/t9?,10-,15?/m0/s1. The molecule has 5 nitrogen and oxygen atoms in total. The van der Waals surface area contributed by atoms with Crippen molar-refractivity contribution in [3.05, 3.63) is 35.4 Å². The van der Waals surface area contributed by atoms with E-state index >= 15 is 0 Å². The molecule has 1 aromatic rings. The van der Waals surface area contributed by atoms with Crippen LogP contribution in [0, 0.1) is 5.92 Å². The Morgan fingerprint density at radius 3 is 2.90 bits per heavy atom. The lowest BCUT2D eigenvalue weighted by Gasteiger charge is -2.39. The van der Waals surface area contributed by atoms with E-state index in [1.54, 1.807) is 6.07 Å². The molecule has 4 rings (SSSR count). The lowest BCUT2D eigenvalue weighted by Crippen LogP contribution is -2.49. The van der Waals surface area contributed by atoms with Gasteiger partial charge in [-0.1, -0.05) is 12.2 Å².